The molecule has 2 amide bonds. The number of halogens is 2. The molecule has 0 bridgehead atoms. The zero-order valence-electron chi connectivity index (χ0n) is 24.1. The number of ether oxygens (including phenoxy) is 2. The Morgan fingerprint density at radius 3 is 2.17 bits per heavy atom. The number of carbonyl (C=O) groups excluding carboxylic acids is 2. The third-order valence-electron chi connectivity index (χ3n) is 6.47. The van der Waals surface area contributed by atoms with E-state index in [0.717, 1.165) is 4.31 Å². The van der Waals surface area contributed by atoms with Gasteiger partial charge in [0, 0.05) is 13.1 Å². The van der Waals surface area contributed by atoms with Crippen LogP contribution in [0.15, 0.2) is 71.6 Å². The van der Waals surface area contributed by atoms with Gasteiger partial charge < -0.3 is 19.7 Å². The number of methoxy groups -OCH3 is 2. The first-order chi connectivity index (χ1) is 19.9. The van der Waals surface area contributed by atoms with E-state index in [-0.39, 0.29) is 39.7 Å². The number of nitrogens with one attached hydrogen (secondary N) is 1. The number of hydrogen-bond acceptors (Lipinski definition) is 6. The molecule has 0 radical (unpaired) electrons. The second-order valence-corrected chi connectivity index (χ2v) is 12.6. The molecule has 0 saturated carbocycles. The number of carbonyl (C=O) groups is 2. The van der Waals surface area contributed by atoms with Crippen LogP contribution >= 0.6 is 23.2 Å². The summed E-state index contributed by atoms with van der Waals surface area (Å²) in [6.45, 7) is 5.29. The molecule has 0 fully saturated rings. The van der Waals surface area contributed by atoms with E-state index in [9.17, 15) is 18.0 Å². The van der Waals surface area contributed by atoms with E-state index >= 15 is 0 Å². The van der Waals surface area contributed by atoms with Gasteiger partial charge in [0.25, 0.3) is 10.0 Å². The molecule has 0 aliphatic heterocycles. The van der Waals surface area contributed by atoms with Gasteiger partial charge in [-0.1, -0.05) is 55.2 Å². The van der Waals surface area contributed by atoms with Gasteiger partial charge in [-0.25, -0.2) is 8.42 Å². The molecule has 3 rings (SSSR count). The summed E-state index contributed by atoms with van der Waals surface area (Å²) in [5.74, 6) is -0.0738. The molecule has 0 aliphatic carbocycles. The Labute approximate surface area is 257 Å². The molecule has 0 aliphatic rings. The number of nitrogens with zero attached hydrogens (tertiary/aromatic N) is 2. The fourth-order valence-electron chi connectivity index (χ4n) is 4.09. The first-order valence-electron chi connectivity index (χ1n) is 13.2. The van der Waals surface area contributed by atoms with Crippen LogP contribution in [0.5, 0.6) is 11.5 Å². The smallest absolute Gasteiger partial charge is 0.264 e. The average Bonchev–Trinajstić information content (AvgIpc) is 2.98. The number of anilines is 1. The molecule has 12 heteroatoms. The Bertz CT molecular complexity index is 1500. The Morgan fingerprint density at radius 1 is 0.905 bits per heavy atom. The fraction of sp³-hybridized carbons (Fsp3) is 0.333. The number of rotatable bonds is 13. The predicted octanol–water partition coefficient (Wildman–Crippen LogP) is 5.40. The molecule has 226 valence electrons. The number of amides is 2. The minimum atomic E-state index is -4.28. The van der Waals surface area contributed by atoms with Crippen LogP contribution < -0.4 is 19.1 Å². The van der Waals surface area contributed by atoms with Crippen LogP contribution in [0.1, 0.15) is 26.3 Å². The van der Waals surface area contributed by atoms with E-state index in [2.05, 4.69) is 5.32 Å². The average molecular weight is 637 g/mol. The number of para-hydroxylation sites is 2. The minimum Gasteiger partial charge on any atom is -0.497 e. The molecule has 9 nitrogen and oxygen atoms in total. The van der Waals surface area contributed by atoms with Crippen molar-refractivity contribution in [2.24, 2.45) is 5.92 Å². The van der Waals surface area contributed by atoms with Crippen LogP contribution in [0.25, 0.3) is 0 Å². The van der Waals surface area contributed by atoms with Gasteiger partial charge in [0.2, 0.25) is 11.8 Å². The van der Waals surface area contributed by atoms with Crippen LogP contribution in [0, 0.1) is 5.92 Å². The highest BCUT2D eigenvalue weighted by molar-refractivity contribution is 7.92. The van der Waals surface area contributed by atoms with Crippen molar-refractivity contribution in [3.8, 4) is 11.5 Å². The van der Waals surface area contributed by atoms with E-state index in [1.807, 2.05) is 13.8 Å². The van der Waals surface area contributed by atoms with Gasteiger partial charge in [0.15, 0.2) is 0 Å². The molecule has 1 N–H and O–H groups in total. The largest absolute Gasteiger partial charge is 0.497 e. The van der Waals surface area contributed by atoms with Crippen molar-refractivity contribution in [2.45, 2.75) is 38.3 Å². The molecule has 42 heavy (non-hydrogen) atoms. The van der Waals surface area contributed by atoms with Gasteiger partial charge >= 0.3 is 0 Å². The molecular weight excluding hydrogens is 601 g/mol. The van der Waals surface area contributed by atoms with Crippen molar-refractivity contribution < 1.29 is 27.5 Å². The van der Waals surface area contributed by atoms with Gasteiger partial charge in [-0.05, 0) is 66.9 Å². The Morgan fingerprint density at radius 2 is 1.57 bits per heavy atom. The standard InChI is InChI=1S/C30H35Cl2N3O6S/c1-20(2)17-33-30(37)21(3)34(18-22-10-15-25(31)26(32)16-22)29(36)19-35(27-8-6-7-9-28(27)41-5)42(38,39)24-13-11-23(40-4)12-14-24/h6-16,20-21H,17-19H2,1-5H3,(H,33,37)/t21-/m1/s1. The number of hydrogen-bond donors (Lipinski definition) is 1. The topological polar surface area (TPSA) is 105 Å². The third kappa shape index (κ3) is 8.08. The van der Waals surface area contributed by atoms with E-state index in [4.69, 9.17) is 32.7 Å². The first-order valence-corrected chi connectivity index (χ1v) is 15.4. The highest BCUT2D eigenvalue weighted by atomic mass is 35.5. The molecule has 0 unspecified atom stereocenters. The summed E-state index contributed by atoms with van der Waals surface area (Å²) >= 11 is 12.3. The maximum Gasteiger partial charge on any atom is 0.264 e. The molecule has 3 aromatic rings. The van der Waals surface area contributed by atoms with Gasteiger partial charge in [-0.2, -0.15) is 0 Å². The third-order valence-corrected chi connectivity index (χ3v) is 8.98. The molecule has 0 aromatic heterocycles. The number of sulfonamides is 1. The number of benzene rings is 3. The van der Waals surface area contributed by atoms with Crippen molar-refractivity contribution >= 4 is 50.7 Å². The highest BCUT2D eigenvalue weighted by Gasteiger charge is 2.34. The quantitative estimate of drug-likeness (QED) is 0.270. The first kappa shape index (κ1) is 33.0. The Balaban J connectivity index is 2.07. The maximum atomic E-state index is 14.1. The zero-order valence-corrected chi connectivity index (χ0v) is 26.5. The van der Waals surface area contributed by atoms with Crippen molar-refractivity contribution in [3.63, 3.8) is 0 Å². The molecule has 0 spiro atoms. The maximum absolute atomic E-state index is 14.1. The minimum absolute atomic E-state index is 0.0195. The lowest BCUT2D eigenvalue weighted by atomic mass is 10.1. The summed E-state index contributed by atoms with van der Waals surface area (Å²) in [5, 5.41) is 3.48. The van der Waals surface area contributed by atoms with E-state index < -0.39 is 28.5 Å². The second-order valence-electron chi connectivity index (χ2n) is 9.94. The summed E-state index contributed by atoms with van der Waals surface area (Å²) in [6.07, 6.45) is 0. The zero-order chi connectivity index (χ0) is 31.0. The summed E-state index contributed by atoms with van der Waals surface area (Å²) in [7, 11) is -1.39. The summed E-state index contributed by atoms with van der Waals surface area (Å²) in [6, 6.07) is 16.3. The van der Waals surface area contributed by atoms with E-state index in [1.54, 1.807) is 49.4 Å². The molecule has 0 saturated heterocycles. The molecule has 0 heterocycles. The van der Waals surface area contributed by atoms with Crippen molar-refractivity contribution in [3.05, 3.63) is 82.3 Å². The van der Waals surface area contributed by atoms with Crippen LogP contribution in [0.2, 0.25) is 10.0 Å². The van der Waals surface area contributed by atoms with Gasteiger partial charge in [0.05, 0.1) is 34.8 Å². The lowest BCUT2D eigenvalue weighted by Gasteiger charge is -2.32. The summed E-state index contributed by atoms with van der Waals surface area (Å²) < 4.78 is 39.7. The molecular formula is C30H35Cl2N3O6S. The normalized spacial score (nSPS) is 12.0. The van der Waals surface area contributed by atoms with Crippen LogP contribution in [-0.2, 0) is 26.2 Å². The van der Waals surface area contributed by atoms with Gasteiger partial charge in [-0.15, -0.1) is 0 Å². The molecule has 3 aromatic carbocycles. The fourth-order valence-corrected chi connectivity index (χ4v) is 5.84. The summed E-state index contributed by atoms with van der Waals surface area (Å²) in [4.78, 5) is 28.5. The Hall–Kier alpha value is -3.47. The van der Waals surface area contributed by atoms with Crippen molar-refractivity contribution in [1.82, 2.24) is 10.2 Å². The lowest BCUT2D eigenvalue weighted by molar-refractivity contribution is -0.139. The van der Waals surface area contributed by atoms with E-state index in [0.29, 0.717) is 22.9 Å². The van der Waals surface area contributed by atoms with E-state index in [1.165, 1.54) is 43.4 Å². The van der Waals surface area contributed by atoms with Crippen LogP contribution in [0.4, 0.5) is 5.69 Å². The lowest BCUT2D eigenvalue weighted by Crippen LogP contribution is -2.51. The SMILES string of the molecule is COc1ccc(S(=O)(=O)N(CC(=O)N(Cc2ccc(Cl)c(Cl)c2)[C@H](C)C(=O)NCC(C)C)c2ccccc2OC)cc1. The van der Waals surface area contributed by atoms with Crippen LogP contribution in [0.3, 0.4) is 0 Å². The van der Waals surface area contributed by atoms with Gasteiger partial charge in [0.1, 0.15) is 24.1 Å². The molecule has 1 atom stereocenters. The Kier molecular flexibility index (Phi) is 11.5. The van der Waals surface area contributed by atoms with Gasteiger partial charge in [-0.3, -0.25) is 13.9 Å². The summed E-state index contributed by atoms with van der Waals surface area (Å²) in [5.41, 5.74) is 0.777. The van der Waals surface area contributed by atoms with Crippen LogP contribution in [-0.4, -0.2) is 58.5 Å². The van der Waals surface area contributed by atoms with Crippen molar-refractivity contribution in [2.75, 3.05) is 31.6 Å². The monoisotopic (exact) mass is 635 g/mol. The predicted molar refractivity (Wildman–Crippen MR) is 165 cm³/mol. The highest BCUT2D eigenvalue weighted by Crippen LogP contribution is 2.33. The van der Waals surface area contributed by atoms with Crippen molar-refractivity contribution in [1.29, 1.82) is 0 Å². The second kappa shape index (κ2) is 14.6.